The number of ether oxygens (including phenoxy) is 2. The summed E-state index contributed by atoms with van der Waals surface area (Å²) < 4.78 is 10.7. The normalized spacial score (nSPS) is 12.6. The summed E-state index contributed by atoms with van der Waals surface area (Å²) >= 11 is 0. The Balaban J connectivity index is 1.59. The maximum absolute atomic E-state index is 5.41. The molecule has 2 aromatic carbocycles. The molecule has 0 saturated carbocycles. The minimum Gasteiger partial charge on any atom is -0.454 e. The Morgan fingerprint density at radius 3 is 2.87 bits per heavy atom. The van der Waals surface area contributed by atoms with E-state index in [2.05, 4.69) is 34.2 Å². The molecule has 1 aliphatic rings. The van der Waals surface area contributed by atoms with Crippen LogP contribution >= 0.6 is 0 Å². The first-order valence-corrected chi connectivity index (χ1v) is 7.71. The zero-order valence-corrected chi connectivity index (χ0v) is 12.9. The van der Waals surface area contributed by atoms with Crippen molar-refractivity contribution in [2.24, 2.45) is 0 Å². The van der Waals surface area contributed by atoms with Gasteiger partial charge in [-0.1, -0.05) is 37.3 Å². The van der Waals surface area contributed by atoms with Gasteiger partial charge in [-0.2, -0.15) is 5.10 Å². The van der Waals surface area contributed by atoms with Gasteiger partial charge in [-0.3, -0.25) is 5.10 Å². The van der Waals surface area contributed by atoms with Gasteiger partial charge in [0.25, 0.3) is 0 Å². The van der Waals surface area contributed by atoms with Crippen LogP contribution in [0.1, 0.15) is 23.9 Å². The van der Waals surface area contributed by atoms with E-state index in [1.165, 1.54) is 5.56 Å². The fourth-order valence-corrected chi connectivity index (χ4v) is 2.79. The summed E-state index contributed by atoms with van der Waals surface area (Å²) in [6.07, 6.45) is 1.64. The summed E-state index contributed by atoms with van der Waals surface area (Å²) in [5, 5.41) is 7.41. The molecule has 23 heavy (non-hydrogen) atoms. The molecule has 4 rings (SSSR count). The zero-order chi connectivity index (χ0) is 15.6. The van der Waals surface area contributed by atoms with Crippen LogP contribution in [-0.2, 0) is 12.8 Å². The number of hydrogen-bond acceptors (Lipinski definition) is 4. The first kappa shape index (κ1) is 13.8. The minimum absolute atomic E-state index is 0.291. The molecule has 1 N–H and O–H groups in total. The van der Waals surface area contributed by atoms with Crippen molar-refractivity contribution in [3.8, 4) is 22.9 Å². The van der Waals surface area contributed by atoms with Crippen LogP contribution < -0.4 is 9.47 Å². The molecule has 1 aromatic heterocycles. The number of aromatic nitrogens is 3. The molecule has 0 bridgehead atoms. The number of aryl methyl sites for hydroxylation is 1. The van der Waals surface area contributed by atoms with Crippen LogP contribution in [0.4, 0.5) is 0 Å². The van der Waals surface area contributed by atoms with Crippen LogP contribution in [-0.4, -0.2) is 22.0 Å². The molecule has 0 fully saturated rings. The Bertz CT molecular complexity index is 842. The maximum atomic E-state index is 5.41. The second-order valence-electron chi connectivity index (χ2n) is 5.48. The molecule has 5 heteroatoms. The van der Waals surface area contributed by atoms with Gasteiger partial charge in [0.15, 0.2) is 17.3 Å². The van der Waals surface area contributed by atoms with E-state index in [1.54, 1.807) is 0 Å². The van der Waals surface area contributed by atoms with Crippen LogP contribution in [0, 0.1) is 0 Å². The number of nitrogens with zero attached hydrogens (tertiary/aromatic N) is 2. The Hall–Kier alpha value is -2.82. The van der Waals surface area contributed by atoms with Crippen LogP contribution in [0.5, 0.6) is 11.5 Å². The molecule has 0 aliphatic carbocycles. The van der Waals surface area contributed by atoms with E-state index >= 15 is 0 Å². The van der Waals surface area contributed by atoms with Crippen molar-refractivity contribution >= 4 is 0 Å². The van der Waals surface area contributed by atoms with Gasteiger partial charge in [-0.15, -0.1) is 0 Å². The van der Waals surface area contributed by atoms with Crippen LogP contribution in [0.25, 0.3) is 11.4 Å². The van der Waals surface area contributed by atoms with Crippen molar-refractivity contribution in [1.82, 2.24) is 15.2 Å². The van der Waals surface area contributed by atoms with E-state index in [9.17, 15) is 0 Å². The molecule has 0 spiro atoms. The van der Waals surface area contributed by atoms with Crippen molar-refractivity contribution in [3.63, 3.8) is 0 Å². The maximum Gasteiger partial charge on any atom is 0.231 e. The first-order chi connectivity index (χ1) is 11.3. The Labute approximate surface area is 134 Å². The topological polar surface area (TPSA) is 60.0 Å². The predicted molar refractivity (Wildman–Crippen MR) is 86.6 cm³/mol. The van der Waals surface area contributed by atoms with E-state index in [0.29, 0.717) is 13.2 Å². The third-order valence-electron chi connectivity index (χ3n) is 3.98. The smallest absolute Gasteiger partial charge is 0.231 e. The number of benzene rings is 2. The van der Waals surface area contributed by atoms with E-state index in [1.807, 2.05) is 30.3 Å². The highest BCUT2D eigenvalue weighted by atomic mass is 16.7. The predicted octanol–water partition coefficient (Wildman–Crippen LogP) is 3.35. The number of hydrogen-bond donors (Lipinski definition) is 1. The van der Waals surface area contributed by atoms with Gasteiger partial charge in [-0.05, 0) is 29.7 Å². The van der Waals surface area contributed by atoms with Crippen LogP contribution in [0.2, 0.25) is 0 Å². The van der Waals surface area contributed by atoms with E-state index in [4.69, 9.17) is 9.47 Å². The highest BCUT2D eigenvalue weighted by Crippen LogP contribution is 2.33. The van der Waals surface area contributed by atoms with Gasteiger partial charge in [0.1, 0.15) is 5.82 Å². The van der Waals surface area contributed by atoms with Crippen LogP contribution in [0.3, 0.4) is 0 Å². The quantitative estimate of drug-likeness (QED) is 0.803. The Kier molecular flexibility index (Phi) is 3.46. The molecule has 0 amide bonds. The van der Waals surface area contributed by atoms with Gasteiger partial charge in [0, 0.05) is 12.0 Å². The van der Waals surface area contributed by atoms with Crippen molar-refractivity contribution in [2.75, 3.05) is 6.79 Å². The SMILES string of the molecule is CCc1ccccc1-c1n[nH]c(Cc2ccc3c(c2)OCO3)n1. The Morgan fingerprint density at radius 2 is 1.96 bits per heavy atom. The van der Waals surface area contributed by atoms with Crippen molar-refractivity contribution in [1.29, 1.82) is 0 Å². The lowest BCUT2D eigenvalue weighted by Gasteiger charge is -2.02. The summed E-state index contributed by atoms with van der Waals surface area (Å²) in [7, 11) is 0. The number of nitrogens with one attached hydrogen (secondary N) is 1. The van der Waals surface area contributed by atoms with Gasteiger partial charge in [-0.25, -0.2) is 4.98 Å². The molecule has 0 atom stereocenters. The molecule has 2 heterocycles. The lowest BCUT2D eigenvalue weighted by Crippen LogP contribution is -1.93. The molecule has 116 valence electrons. The van der Waals surface area contributed by atoms with E-state index < -0.39 is 0 Å². The lowest BCUT2D eigenvalue weighted by molar-refractivity contribution is 0.174. The first-order valence-electron chi connectivity index (χ1n) is 7.71. The number of H-pyrrole nitrogens is 1. The minimum atomic E-state index is 0.291. The Morgan fingerprint density at radius 1 is 1.09 bits per heavy atom. The summed E-state index contributed by atoms with van der Waals surface area (Å²) in [4.78, 5) is 4.64. The molecule has 5 nitrogen and oxygen atoms in total. The van der Waals surface area contributed by atoms with Gasteiger partial charge in [0.2, 0.25) is 6.79 Å². The standard InChI is InChI=1S/C18H17N3O2/c1-2-13-5-3-4-6-14(13)18-19-17(20-21-18)10-12-7-8-15-16(9-12)23-11-22-15/h3-9H,2,10-11H2,1H3,(H,19,20,21). The van der Waals surface area contributed by atoms with E-state index in [0.717, 1.165) is 40.7 Å². The number of rotatable bonds is 4. The molecule has 0 radical (unpaired) electrons. The average Bonchev–Trinajstić information content (AvgIpc) is 3.23. The lowest BCUT2D eigenvalue weighted by atomic mass is 10.1. The third-order valence-corrected chi connectivity index (χ3v) is 3.98. The van der Waals surface area contributed by atoms with Crippen molar-refractivity contribution in [3.05, 3.63) is 59.4 Å². The summed E-state index contributed by atoms with van der Waals surface area (Å²) in [5.74, 6) is 3.17. The van der Waals surface area contributed by atoms with Gasteiger partial charge in [0.05, 0.1) is 0 Å². The summed E-state index contributed by atoms with van der Waals surface area (Å²) in [6, 6.07) is 14.2. The molecule has 0 saturated heterocycles. The molecular weight excluding hydrogens is 290 g/mol. The monoisotopic (exact) mass is 307 g/mol. The summed E-state index contributed by atoms with van der Waals surface area (Å²) in [6.45, 7) is 2.43. The molecule has 0 unspecified atom stereocenters. The van der Waals surface area contributed by atoms with E-state index in [-0.39, 0.29) is 0 Å². The van der Waals surface area contributed by atoms with Crippen LogP contribution in [0.15, 0.2) is 42.5 Å². The second kappa shape index (κ2) is 5.76. The zero-order valence-electron chi connectivity index (χ0n) is 12.9. The second-order valence-corrected chi connectivity index (χ2v) is 5.48. The third kappa shape index (κ3) is 2.65. The highest BCUT2D eigenvalue weighted by Gasteiger charge is 2.14. The molecule has 3 aromatic rings. The largest absolute Gasteiger partial charge is 0.454 e. The fourth-order valence-electron chi connectivity index (χ4n) is 2.79. The number of fused-ring (bicyclic) bond motifs is 1. The molecular formula is C18H17N3O2. The molecule has 1 aliphatic heterocycles. The average molecular weight is 307 g/mol. The van der Waals surface area contributed by atoms with Gasteiger partial charge >= 0.3 is 0 Å². The fraction of sp³-hybridized carbons (Fsp3) is 0.222. The number of aromatic amines is 1. The van der Waals surface area contributed by atoms with Crippen molar-refractivity contribution in [2.45, 2.75) is 19.8 Å². The summed E-state index contributed by atoms with van der Waals surface area (Å²) in [5.41, 5.74) is 3.45. The van der Waals surface area contributed by atoms with Crippen molar-refractivity contribution < 1.29 is 9.47 Å². The van der Waals surface area contributed by atoms with Gasteiger partial charge < -0.3 is 9.47 Å². The highest BCUT2D eigenvalue weighted by molar-refractivity contribution is 5.59.